The first-order valence-corrected chi connectivity index (χ1v) is 7.34. The van der Waals surface area contributed by atoms with Gasteiger partial charge in [0.25, 0.3) is 0 Å². The summed E-state index contributed by atoms with van der Waals surface area (Å²) in [5, 5.41) is 12.4. The van der Waals surface area contributed by atoms with Crippen molar-refractivity contribution >= 4 is 5.97 Å². The van der Waals surface area contributed by atoms with Crippen LogP contribution in [0.3, 0.4) is 0 Å². The Kier molecular flexibility index (Phi) is 5.15. The van der Waals surface area contributed by atoms with Crippen LogP contribution in [-0.2, 0) is 11.3 Å². The zero-order valence-electron chi connectivity index (χ0n) is 12.3. The maximum atomic E-state index is 11.3. The maximum Gasteiger partial charge on any atom is 0.321 e. The zero-order valence-corrected chi connectivity index (χ0v) is 12.3. The molecule has 20 heavy (non-hydrogen) atoms. The highest BCUT2D eigenvalue weighted by Crippen LogP contribution is 2.22. The third-order valence-corrected chi connectivity index (χ3v) is 4.00. The molecular weight excluding hydrogens is 252 g/mol. The summed E-state index contributed by atoms with van der Waals surface area (Å²) < 4.78 is 0. The van der Waals surface area contributed by atoms with Crippen LogP contribution in [0.4, 0.5) is 0 Å². The predicted octanol–water partition coefficient (Wildman–Crippen LogP) is 1.88. The normalized spacial score (nSPS) is 21.0. The third kappa shape index (κ3) is 3.81. The Morgan fingerprint density at radius 3 is 2.75 bits per heavy atom. The van der Waals surface area contributed by atoms with Gasteiger partial charge in [-0.1, -0.05) is 36.8 Å². The number of hydrogen-bond donors (Lipinski definition) is 2. The summed E-state index contributed by atoms with van der Waals surface area (Å²) in [6.45, 7) is 7.49. The van der Waals surface area contributed by atoms with Crippen LogP contribution in [0.1, 0.15) is 24.5 Å². The molecule has 2 atom stereocenters. The lowest BCUT2D eigenvalue weighted by Gasteiger charge is -2.21. The number of nitrogens with zero attached hydrogens (tertiary/aromatic N) is 1. The van der Waals surface area contributed by atoms with E-state index in [0.717, 1.165) is 26.1 Å². The van der Waals surface area contributed by atoms with Crippen molar-refractivity contribution in [3.63, 3.8) is 0 Å². The SMILES string of the molecule is CCNC(C(=O)O)C1CCN(Cc2ccc(C)cc2)C1. The van der Waals surface area contributed by atoms with Crippen LogP contribution >= 0.6 is 0 Å². The van der Waals surface area contributed by atoms with Crippen molar-refractivity contribution in [1.29, 1.82) is 0 Å². The minimum Gasteiger partial charge on any atom is -0.480 e. The van der Waals surface area contributed by atoms with Gasteiger partial charge in [-0.15, -0.1) is 0 Å². The molecule has 0 radical (unpaired) electrons. The van der Waals surface area contributed by atoms with E-state index in [4.69, 9.17) is 0 Å². The first kappa shape index (κ1) is 15.0. The number of carboxylic acids is 1. The van der Waals surface area contributed by atoms with Gasteiger partial charge in [-0.25, -0.2) is 0 Å². The Balaban J connectivity index is 1.91. The average Bonchev–Trinajstić information content (AvgIpc) is 2.86. The van der Waals surface area contributed by atoms with E-state index in [9.17, 15) is 9.90 Å². The fraction of sp³-hybridized carbons (Fsp3) is 0.562. The maximum absolute atomic E-state index is 11.3. The number of hydrogen-bond acceptors (Lipinski definition) is 3. The van der Waals surface area contributed by atoms with Gasteiger partial charge in [0.15, 0.2) is 0 Å². The van der Waals surface area contributed by atoms with Gasteiger partial charge in [-0.05, 0) is 37.9 Å². The van der Waals surface area contributed by atoms with E-state index >= 15 is 0 Å². The largest absolute Gasteiger partial charge is 0.480 e. The number of aliphatic carboxylic acids is 1. The van der Waals surface area contributed by atoms with Crippen molar-refractivity contribution in [2.75, 3.05) is 19.6 Å². The average molecular weight is 276 g/mol. The van der Waals surface area contributed by atoms with Crippen molar-refractivity contribution in [3.05, 3.63) is 35.4 Å². The number of nitrogens with one attached hydrogen (secondary N) is 1. The van der Waals surface area contributed by atoms with Crippen molar-refractivity contribution < 1.29 is 9.90 Å². The molecule has 4 nitrogen and oxygen atoms in total. The zero-order chi connectivity index (χ0) is 14.5. The molecule has 0 aliphatic carbocycles. The summed E-state index contributed by atoms with van der Waals surface area (Å²) in [4.78, 5) is 13.6. The van der Waals surface area contributed by atoms with Gasteiger partial charge in [0.2, 0.25) is 0 Å². The third-order valence-electron chi connectivity index (χ3n) is 4.00. The molecule has 110 valence electrons. The number of aryl methyl sites for hydroxylation is 1. The predicted molar refractivity (Wildman–Crippen MR) is 79.7 cm³/mol. The van der Waals surface area contributed by atoms with Crippen LogP contribution in [0.25, 0.3) is 0 Å². The van der Waals surface area contributed by atoms with E-state index in [1.165, 1.54) is 11.1 Å². The minimum absolute atomic E-state index is 0.206. The summed E-state index contributed by atoms with van der Waals surface area (Å²) in [6, 6.07) is 8.15. The summed E-state index contributed by atoms with van der Waals surface area (Å²) in [7, 11) is 0. The second-order valence-electron chi connectivity index (χ2n) is 5.64. The molecule has 4 heteroatoms. The summed E-state index contributed by atoms with van der Waals surface area (Å²) >= 11 is 0. The highest BCUT2D eigenvalue weighted by atomic mass is 16.4. The molecule has 1 heterocycles. The first-order valence-electron chi connectivity index (χ1n) is 7.34. The molecular formula is C16H24N2O2. The summed E-state index contributed by atoms with van der Waals surface area (Å²) in [5.41, 5.74) is 2.57. The summed E-state index contributed by atoms with van der Waals surface area (Å²) in [5.74, 6) is -0.521. The Morgan fingerprint density at radius 1 is 1.45 bits per heavy atom. The van der Waals surface area contributed by atoms with Gasteiger partial charge in [0, 0.05) is 13.1 Å². The van der Waals surface area contributed by atoms with Gasteiger partial charge in [0.05, 0.1) is 0 Å². The molecule has 2 N–H and O–H groups in total. The quantitative estimate of drug-likeness (QED) is 0.833. The number of likely N-dealkylation sites (tertiary alicyclic amines) is 1. The van der Waals surface area contributed by atoms with Gasteiger partial charge in [-0.2, -0.15) is 0 Å². The van der Waals surface area contributed by atoms with Gasteiger partial charge >= 0.3 is 5.97 Å². The standard InChI is InChI=1S/C16H24N2O2/c1-3-17-15(16(19)20)14-8-9-18(11-14)10-13-6-4-12(2)5-7-13/h4-7,14-15,17H,3,8-11H2,1-2H3,(H,19,20). The van der Waals surface area contributed by atoms with Crippen LogP contribution < -0.4 is 5.32 Å². The highest BCUT2D eigenvalue weighted by Gasteiger charge is 2.33. The molecule has 0 saturated carbocycles. The van der Waals surface area contributed by atoms with Crippen LogP contribution in [0.5, 0.6) is 0 Å². The molecule has 0 spiro atoms. The lowest BCUT2D eigenvalue weighted by molar-refractivity contribution is -0.140. The molecule has 1 aliphatic rings. The number of carboxylic acid groups (broad SMARTS) is 1. The smallest absolute Gasteiger partial charge is 0.321 e. The van der Waals surface area contributed by atoms with Crippen LogP contribution in [0.2, 0.25) is 0 Å². The lowest BCUT2D eigenvalue weighted by Crippen LogP contribution is -2.43. The summed E-state index contributed by atoms with van der Waals surface area (Å²) in [6.07, 6.45) is 0.954. The van der Waals surface area contributed by atoms with Crippen LogP contribution in [-0.4, -0.2) is 41.7 Å². The van der Waals surface area contributed by atoms with Crippen LogP contribution in [0.15, 0.2) is 24.3 Å². The van der Waals surface area contributed by atoms with Crippen molar-refractivity contribution in [1.82, 2.24) is 10.2 Å². The number of rotatable bonds is 6. The molecule has 2 rings (SSSR count). The lowest BCUT2D eigenvalue weighted by atomic mass is 9.99. The van der Waals surface area contributed by atoms with Crippen LogP contribution in [0, 0.1) is 12.8 Å². The minimum atomic E-state index is -0.728. The number of carbonyl (C=O) groups is 1. The first-order chi connectivity index (χ1) is 9.60. The Bertz CT molecular complexity index is 444. The van der Waals surface area contributed by atoms with E-state index in [-0.39, 0.29) is 5.92 Å². The van der Waals surface area contributed by atoms with E-state index in [1.54, 1.807) is 0 Å². The fourth-order valence-corrected chi connectivity index (χ4v) is 2.91. The van der Waals surface area contributed by atoms with Crippen molar-refractivity contribution in [2.24, 2.45) is 5.92 Å². The number of benzene rings is 1. The van der Waals surface area contributed by atoms with Gasteiger partial charge < -0.3 is 10.4 Å². The Labute approximate surface area is 120 Å². The second-order valence-corrected chi connectivity index (χ2v) is 5.64. The molecule has 1 aromatic carbocycles. The molecule has 1 saturated heterocycles. The van der Waals surface area contributed by atoms with Gasteiger partial charge in [0.1, 0.15) is 6.04 Å². The Morgan fingerprint density at radius 2 is 2.15 bits per heavy atom. The molecule has 1 aromatic rings. The molecule has 0 amide bonds. The monoisotopic (exact) mass is 276 g/mol. The fourth-order valence-electron chi connectivity index (χ4n) is 2.91. The molecule has 1 fully saturated rings. The van der Waals surface area contributed by atoms with E-state index in [1.807, 2.05) is 6.92 Å². The van der Waals surface area contributed by atoms with Crippen molar-refractivity contribution in [2.45, 2.75) is 32.9 Å². The van der Waals surface area contributed by atoms with E-state index < -0.39 is 12.0 Å². The van der Waals surface area contributed by atoms with E-state index in [0.29, 0.717) is 6.54 Å². The topological polar surface area (TPSA) is 52.6 Å². The molecule has 0 bridgehead atoms. The Hall–Kier alpha value is -1.39. The number of likely N-dealkylation sites (N-methyl/N-ethyl adjacent to an activating group) is 1. The van der Waals surface area contributed by atoms with E-state index in [2.05, 4.69) is 41.4 Å². The molecule has 0 aromatic heterocycles. The molecule has 1 aliphatic heterocycles. The molecule has 2 unspecified atom stereocenters. The highest BCUT2D eigenvalue weighted by molar-refractivity contribution is 5.74. The van der Waals surface area contributed by atoms with Gasteiger partial charge in [-0.3, -0.25) is 9.69 Å². The van der Waals surface area contributed by atoms with Crippen molar-refractivity contribution in [3.8, 4) is 0 Å². The second kappa shape index (κ2) is 6.86.